The Morgan fingerprint density at radius 3 is 1.33 bits per heavy atom. The molecule has 4 N–H and O–H groups in total. The van der Waals surface area contributed by atoms with Gasteiger partial charge in [0.25, 0.3) is 0 Å². The fraction of sp³-hybridized carbons (Fsp3) is 0. The summed E-state index contributed by atoms with van der Waals surface area (Å²) < 4.78 is 0. The minimum atomic E-state index is -1.45. The number of benzene rings is 1. The molecule has 0 bridgehead atoms. The molecule has 0 saturated carbocycles. The van der Waals surface area contributed by atoms with Gasteiger partial charge in [0.15, 0.2) is 0 Å². The van der Waals surface area contributed by atoms with Crippen molar-refractivity contribution in [1.82, 2.24) is 0 Å². The van der Waals surface area contributed by atoms with E-state index in [1.165, 1.54) is 0 Å². The van der Waals surface area contributed by atoms with Crippen molar-refractivity contribution in [3.63, 3.8) is 0 Å². The summed E-state index contributed by atoms with van der Waals surface area (Å²) in [4.78, 5) is 20.9. The molecule has 0 atom stereocenters. The Labute approximate surface area is 96.0 Å². The average molecular weight is 205 g/mol. The van der Waals surface area contributed by atoms with E-state index in [-0.39, 0.29) is 18.9 Å². The number of aromatic carboxylic acids is 2. The number of carboxylic acid groups (broad SMARTS) is 2. The summed E-state index contributed by atoms with van der Waals surface area (Å²) in [6, 6.07) is 1.36. The molecule has 0 amide bonds. The third-order valence-corrected chi connectivity index (χ3v) is 1.57. The first-order valence-electron chi connectivity index (χ1n) is 3.46. The van der Waals surface area contributed by atoms with Crippen molar-refractivity contribution < 1.29 is 30.0 Å². The molecule has 1 rings (SSSR count). The van der Waals surface area contributed by atoms with Gasteiger partial charge < -0.3 is 20.4 Å². The van der Waals surface area contributed by atoms with E-state index in [0.29, 0.717) is 12.1 Å². The molecule has 1 aromatic rings. The van der Waals surface area contributed by atoms with Crippen LogP contribution in [0.2, 0.25) is 0 Å². The fourth-order valence-corrected chi connectivity index (χ4v) is 0.919. The van der Waals surface area contributed by atoms with E-state index in [4.69, 9.17) is 20.4 Å². The quantitative estimate of drug-likeness (QED) is 0.402. The largest absolute Gasteiger partial charge is 0.507 e. The predicted octanol–water partition coefficient (Wildman–Crippen LogP) is 0.113. The van der Waals surface area contributed by atoms with Gasteiger partial charge in [0.2, 0.25) is 0 Å². The van der Waals surface area contributed by atoms with Gasteiger partial charge in [-0.1, -0.05) is 0 Å². The van der Waals surface area contributed by atoms with E-state index in [1.54, 1.807) is 0 Å². The van der Waals surface area contributed by atoms with Crippen LogP contribution in [0.4, 0.5) is 0 Å². The molecule has 0 aliphatic rings. The number of hydrogen-bond donors (Lipinski definition) is 4. The standard InChI is InChI=1S/C8H6O6.Li/c9-5-1-3(7(11)12)6(10)2-4(5)8(13)14;/h1-2,9-10H,(H,11,12)(H,13,14);. The van der Waals surface area contributed by atoms with Gasteiger partial charge in [-0.15, -0.1) is 0 Å². The number of rotatable bonds is 2. The molecule has 0 aliphatic heterocycles. The van der Waals surface area contributed by atoms with Crippen molar-refractivity contribution in [2.75, 3.05) is 0 Å². The maximum absolute atomic E-state index is 10.4. The van der Waals surface area contributed by atoms with Gasteiger partial charge in [-0.05, 0) is 12.1 Å². The molecular formula is C8H6LiO6. The molecule has 0 unspecified atom stereocenters. The van der Waals surface area contributed by atoms with E-state index in [1.807, 2.05) is 0 Å². The Morgan fingerprint density at radius 2 is 1.13 bits per heavy atom. The number of carbonyl (C=O) groups is 2. The molecule has 1 radical (unpaired) electrons. The Hall–Kier alpha value is -1.64. The number of aromatic hydroxyl groups is 2. The maximum Gasteiger partial charge on any atom is 0.339 e. The van der Waals surface area contributed by atoms with E-state index in [2.05, 4.69) is 0 Å². The molecule has 0 spiro atoms. The van der Waals surface area contributed by atoms with Gasteiger partial charge >= 0.3 is 11.9 Å². The monoisotopic (exact) mass is 205 g/mol. The molecule has 7 heteroatoms. The van der Waals surface area contributed by atoms with Gasteiger partial charge in [-0.25, -0.2) is 9.59 Å². The fourth-order valence-electron chi connectivity index (χ4n) is 0.919. The van der Waals surface area contributed by atoms with Crippen molar-refractivity contribution in [2.24, 2.45) is 0 Å². The summed E-state index contributed by atoms with van der Waals surface area (Å²) in [5, 5.41) is 35.2. The van der Waals surface area contributed by atoms with Gasteiger partial charge in [0.1, 0.15) is 22.6 Å². The van der Waals surface area contributed by atoms with E-state index in [0.717, 1.165) is 0 Å². The Morgan fingerprint density at radius 1 is 0.867 bits per heavy atom. The van der Waals surface area contributed by atoms with Crippen molar-refractivity contribution in [3.8, 4) is 11.5 Å². The van der Waals surface area contributed by atoms with Crippen LogP contribution in [0.15, 0.2) is 12.1 Å². The maximum atomic E-state index is 10.4. The van der Waals surface area contributed by atoms with Crippen molar-refractivity contribution in [3.05, 3.63) is 23.3 Å². The Bertz CT molecular complexity index is 374. The molecule has 0 saturated heterocycles. The molecule has 0 aromatic heterocycles. The summed E-state index contributed by atoms with van der Waals surface area (Å²) in [5.74, 6) is -4.30. The molecule has 1 aromatic carbocycles. The van der Waals surface area contributed by atoms with Crippen LogP contribution < -0.4 is 0 Å². The van der Waals surface area contributed by atoms with Gasteiger partial charge in [0, 0.05) is 18.9 Å². The van der Waals surface area contributed by atoms with Gasteiger partial charge in [-0.3, -0.25) is 0 Å². The first-order valence-corrected chi connectivity index (χ1v) is 3.46. The van der Waals surface area contributed by atoms with Crippen LogP contribution in [0.1, 0.15) is 20.7 Å². The molecule has 75 valence electrons. The first kappa shape index (κ1) is 13.4. The third kappa shape index (κ3) is 2.65. The minimum absolute atomic E-state index is 0. The van der Waals surface area contributed by atoms with Gasteiger partial charge in [-0.2, -0.15) is 0 Å². The summed E-state index contributed by atoms with van der Waals surface area (Å²) in [5.41, 5.74) is -1.10. The second kappa shape index (κ2) is 4.73. The third-order valence-electron chi connectivity index (χ3n) is 1.57. The van der Waals surface area contributed by atoms with Crippen LogP contribution in [-0.2, 0) is 0 Å². The second-order valence-corrected chi connectivity index (χ2v) is 2.50. The Kier molecular flexibility index (Phi) is 4.21. The van der Waals surface area contributed by atoms with Crippen LogP contribution in [-0.4, -0.2) is 51.2 Å². The molecule has 0 heterocycles. The van der Waals surface area contributed by atoms with E-state index >= 15 is 0 Å². The van der Waals surface area contributed by atoms with Crippen LogP contribution in [0, 0.1) is 0 Å². The smallest absolute Gasteiger partial charge is 0.339 e. The van der Waals surface area contributed by atoms with E-state index in [9.17, 15) is 9.59 Å². The minimum Gasteiger partial charge on any atom is -0.507 e. The average Bonchev–Trinajstić information content (AvgIpc) is 2.07. The predicted molar refractivity (Wildman–Crippen MR) is 49.4 cm³/mol. The summed E-state index contributed by atoms with van der Waals surface area (Å²) in [6.07, 6.45) is 0. The number of phenols is 2. The van der Waals surface area contributed by atoms with Crippen LogP contribution in [0.3, 0.4) is 0 Å². The zero-order valence-corrected chi connectivity index (χ0v) is 7.76. The van der Waals surface area contributed by atoms with Crippen molar-refractivity contribution in [2.45, 2.75) is 0 Å². The topological polar surface area (TPSA) is 115 Å². The van der Waals surface area contributed by atoms with Crippen LogP contribution in [0.5, 0.6) is 11.5 Å². The summed E-state index contributed by atoms with van der Waals surface area (Å²) in [6.45, 7) is 0. The normalized spacial score (nSPS) is 9.07. The molecule has 0 fully saturated rings. The van der Waals surface area contributed by atoms with Crippen LogP contribution in [0.25, 0.3) is 0 Å². The zero-order valence-electron chi connectivity index (χ0n) is 7.76. The zero-order chi connectivity index (χ0) is 10.9. The number of hydrogen-bond acceptors (Lipinski definition) is 4. The van der Waals surface area contributed by atoms with Crippen LogP contribution >= 0.6 is 0 Å². The Balaban J connectivity index is 0.00000196. The summed E-state index contributed by atoms with van der Waals surface area (Å²) >= 11 is 0. The molecule has 0 aliphatic carbocycles. The van der Waals surface area contributed by atoms with Crippen molar-refractivity contribution in [1.29, 1.82) is 0 Å². The van der Waals surface area contributed by atoms with Gasteiger partial charge in [0.05, 0.1) is 0 Å². The SMILES string of the molecule is O=C(O)c1cc(O)c(C(=O)O)cc1O.[Li]. The summed E-state index contributed by atoms with van der Waals surface area (Å²) in [7, 11) is 0. The first-order chi connectivity index (χ1) is 6.43. The molecule has 15 heavy (non-hydrogen) atoms. The number of carboxylic acids is 2. The van der Waals surface area contributed by atoms with E-state index < -0.39 is 34.6 Å². The molecular weight excluding hydrogens is 199 g/mol. The molecule has 6 nitrogen and oxygen atoms in total. The van der Waals surface area contributed by atoms with Crippen molar-refractivity contribution >= 4 is 30.8 Å². The second-order valence-electron chi connectivity index (χ2n) is 2.50.